The Kier molecular flexibility index (Phi) is 4.88. The van der Waals surface area contributed by atoms with E-state index < -0.39 is 0 Å². The zero-order chi connectivity index (χ0) is 15.5. The minimum Gasteiger partial charge on any atom is -0.484 e. The van der Waals surface area contributed by atoms with Crippen LogP contribution in [0.1, 0.15) is 45.6 Å². The molecule has 0 unspecified atom stereocenters. The number of nitrogens with zero attached hydrogens (tertiary/aromatic N) is 1. The smallest absolute Gasteiger partial charge is 0.226 e. The summed E-state index contributed by atoms with van der Waals surface area (Å²) >= 11 is 0. The minimum absolute atomic E-state index is 0.145. The van der Waals surface area contributed by atoms with Crippen LogP contribution in [-0.2, 0) is 11.2 Å². The van der Waals surface area contributed by atoms with E-state index >= 15 is 0 Å². The fourth-order valence-corrected chi connectivity index (χ4v) is 2.70. The molecule has 21 heavy (non-hydrogen) atoms. The van der Waals surface area contributed by atoms with Crippen LogP contribution in [0.2, 0.25) is 0 Å². The van der Waals surface area contributed by atoms with Gasteiger partial charge in [-0.25, -0.2) is 0 Å². The van der Waals surface area contributed by atoms with Crippen molar-refractivity contribution in [2.75, 3.05) is 18.0 Å². The zero-order valence-electron chi connectivity index (χ0n) is 13.3. The summed E-state index contributed by atoms with van der Waals surface area (Å²) in [5.41, 5.74) is 7.34. The van der Waals surface area contributed by atoms with E-state index in [9.17, 15) is 4.79 Å². The van der Waals surface area contributed by atoms with Crippen molar-refractivity contribution in [3.63, 3.8) is 0 Å². The first-order valence-electron chi connectivity index (χ1n) is 7.79. The second-order valence-corrected chi connectivity index (χ2v) is 6.24. The number of benzene rings is 1. The Morgan fingerprint density at radius 3 is 2.81 bits per heavy atom. The SMILES string of the molecule is CCC(=O)N1CC(C)(C)Oc2ccc(CCCCN)cc21. The molecule has 0 fully saturated rings. The van der Waals surface area contributed by atoms with Crippen molar-refractivity contribution < 1.29 is 9.53 Å². The molecule has 0 saturated carbocycles. The molecule has 0 spiro atoms. The summed E-state index contributed by atoms with van der Waals surface area (Å²) in [6, 6.07) is 6.17. The number of aryl methyl sites for hydroxylation is 1. The maximum atomic E-state index is 12.2. The normalized spacial score (nSPS) is 16.3. The van der Waals surface area contributed by atoms with Gasteiger partial charge in [0.1, 0.15) is 11.4 Å². The molecule has 0 radical (unpaired) electrons. The Balaban J connectivity index is 2.28. The third-order valence-electron chi connectivity index (χ3n) is 3.76. The Bertz CT molecular complexity index is 512. The van der Waals surface area contributed by atoms with Gasteiger partial charge in [-0.05, 0) is 57.4 Å². The number of carbonyl (C=O) groups excluding carboxylic acids is 1. The summed E-state index contributed by atoms with van der Waals surface area (Å²) in [5.74, 6) is 0.947. The van der Waals surface area contributed by atoms with Crippen molar-refractivity contribution >= 4 is 11.6 Å². The third kappa shape index (κ3) is 3.76. The van der Waals surface area contributed by atoms with Gasteiger partial charge in [0.25, 0.3) is 0 Å². The van der Waals surface area contributed by atoms with Crippen LogP contribution in [-0.4, -0.2) is 24.6 Å². The molecule has 4 nitrogen and oxygen atoms in total. The maximum absolute atomic E-state index is 12.2. The number of carbonyl (C=O) groups is 1. The number of anilines is 1. The molecule has 0 saturated heterocycles. The summed E-state index contributed by atoms with van der Waals surface area (Å²) in [4.78, 5) is 14.1. The average molecular weight is 290 g/mol. The number of hydrogen-bond donors (Lipinski definition) is 1. The number of fused-ring (bicyclic) bond motifs is 1. The molecule has 0 atom stereocenters. The highest BCUT2D eigenvalue weighted by molar-refractivity contribution is 5.95. The summed E-state index contributed by atoms with van der Waals surface area (Å²) in [6.45, 7) is 7.25. The van der Waals surface area contributed by atoms with Gasteiger partial charge in [-0.1, -0.05) is 13.0 Å². The van der Waals surface area contributed by atoms with Crippen LogP contribution in [0.25, 0.3) is 0 Å². The lowest BCUT2D eigenvalue weighted by molar-refractivity contribution is -0.119. The van der Waals surface area contributed by atoms with Gasteiger partial charge in [-0.15, -0.1) is 0 Å². The lowest BCUT2D eigenvalue weighted by Crippen LogP contribution is -2.49. The van der Waals surface area contributed by atoms with Crippen molar-refractivity contribution in [2.24, 2.45) is 5.73 Å². The highest BCUT2D eigenvalue weighted by Gasteiger charge is 2.34. The van der Waals surface area contributed by atoms with Gasteiger partial charge in [0.2, 0.25) is 5.91 Å². The van der Waals surface area contributed by atoms with E-state index in [1.807, 2.05) is 31.7 Å². The van der Waals surface area contributed by atoms with E-state index in [1.54, 1.807) is 0 Å². The molecule has 0 aromatic heterocycles. The molecule has 1 heterocycles. The van der Waals surface area contributed by atoms with Crippen LogP contribution in [0.4, 0.5) is 5.69 Å². The second kappa shape index (κ2) is 6.48. The molecule has 1 aromatic rings. The van der Waals surface area contributed by atoms with Crippen LogP contribution in [0.3, 0.4) is 0 Å². The van der Waals surface area contributed by atoms with Crippen molar-refractivity contribution in [1.29, 1.82) is 0 Å². The molecule has 2 N–H and O–H groups in total. The van der Waals surface area contributed by atoms with Gasteiger partial charge in [0.05, 0.1) is 12.2 Å². The molecular weight excluding hydrogens is 264 g/mol. The minimum atomic E-state index is -0.348. The van der Waals surface area contributed by atoms with Crippen molar-refractivity contribution in [3.05, 3.63) is 23.8 Å². The Labute approximate surface area is 127 Å². The van der Waals surface area contributed by atoms with Crippen LogP contribution >= 0.6 is 0 Å². The third-order valence-corrected chi connectivity index (χ3v) is 3.76. The Morgan fingerprint density at radius 1 is 1.38 bits per heavy atom. The second-order valence-electron chi connectivity index (χ2n) is 6.24. The molecule has 1 aliphatic heterocycles. The van der Waals surface area contributed by atoms with Gasteiger partial charge >= 0.3 is 0 Å². The van der Waals surface area contributed by atoms with E-state index in [0.717, 1.165) is 37.2 Å². The van der Waals surface area contributed by atoms with E-state index in [-0.39, 0.29) is 11.5 Å². The topological polar surface area (TPSA) is 55.6 Å². The van der Waals surface area contributed by atoms with E-state index in [2.05, 4.69) is 12.1 Å². The molecular formula is C17H26N2O2. The lowest BCUT2D eigenvalue weighted by Gasteiger charge is -2.40. The molecule has 0 aliphatic carbocycles. The van der Waals surface area contributed by atoms with Crippen LogP contribution in [0.15, 0.2) is 18.2 Å². The molecule has 1 amide bonds. The number of amides is 1. The van der Waals surface area contributed by atoms with Gasteiger partial charge in [-0.2, -0.15) is 0 Å². The monoisotopic (exact) mass is 290 g/mol. The van der Waals surface area contributed by atoms with E-state index in [0.29, 0.717) is 13.0 Å². The summed E-state index contributed by atoms with van der Waals surface area (Å²) < 4.78 is 6.01. The maximum Gasteiger partial charge on any atom is 0.226 e. The lowest BCUT2D eigenvalue weighted by atomic mass is 10.0. The fourth-order valence-electron chi connectivity index (χ4n) is 2.70. The van der Waals surface area contributed by atoms with Crippen LogP contribution in [0.5, 0.6) is 5.75 Å². The largest absolute Gasteiger partial charge is 0.484 e. The standard InChI is InChI=1S/C17H26N2O2/c1-4-16(20)19-12-17(2,3)21-15-9-8-13(11-14(15)19)7-5-6-10-18/h8-9,11H,4-7,10,12,18H2,1-3H3. The number of ether oxygens (including phenoxy) is 1. The summed E-state index contributed by atoms with van der Waals surface area (Å²) in [6.07, 6.45) is 3.59. The quantitative estimate of drug-likeness (QED) is 0.848. The molecule has 116 valence electrons. The molecule has 2 rings (SSSR count). The van der Waals surface area contributed by atoms with Crippen LogP contribution in [0, 0.1) is 0 Å². The predicted octanol–water partition coefficient (Wildman–Crippen LogP) is 2.88. The van der Waals surface area contributed by atoms with Crippen molar-refractivity contribution in [3.8, 4) is 5.75 Å². The van der Waals surface area contributed by atoms with Gasteiger partial charge in [0, 0.05) is 6.42 Å². The molecule has 4 heteroatoms. The fraction of sp³-hybridized carbons (Fsp3) is 0.588. The van der Waals surface area contributed by atoms with E-state index in [4.69, 9.17) is 10.5 Å². The zero-order valence-corrected chi connectivity index (χ0v) is 13.3. The molecule has 1 aliphatic rings. The van der Waals surface area contributed by atoms with Gasteiger partial charge in [-0.3, -0.25) is 4.79 Å². The summed E-state index contributed by atoms with van der Waals surface area (Å²) in [7, 11) is 0. The van der Waals surface area contributed by atoms with Crippen LogP contribution < -0.4 is 15.4 Å². The highest BCUT2D eigenvalue weighted by atomic mass is 16.5. The molecule has 0 bridgehead atoms. The van der Waals surface area contributed by atoms with Crippen molar-refractivity contribution in [2.45, 2.75) is 52.1 Å². The highest BCUT2D eigenvalue weighted by Crippen LogP contribution is 2.38. The average Bonchev–Trinajstić information content (AvgIpc) is 2.45. The van der Waals surface area contributed by atoms with Gasteiger partial charge < -0.3 is 15.4 Å². The van der Waals surface area contributed by atoms with Gasteiger partial charge in [0.15, 0.2) is 0 Å². The number of unbranched alkanes of at least 4 members (excludes halogenated alkanes) is 1. The number of rotatable bonds is 5. The van der Waals surface area contributed by atoms with E-state index in [1.165, 1.54) is 5.56 Å². The number of hydrogen-bond acceptors (Lipinski definition) is 3. The Hall–Kier alpha value is -1.55. The first-order valence-corrected chi connectivity index (χ1v) is 7.79. The Morgan fingerprint density at radius 2 is 2.14 bits per heavy atom. The first kappa shape index (κ1) is 15.8. The first-order chi connectivity index (χ1) is 9.96. The molecule has 1 aromatic carbocycles. The predicted molar refractivity (Wildman–Crippen MR) is 85.8 cm³/mol. The number of nitrogens with two attached hydrogens (primary N) is 1. The van der Waals surface area contributed by atoms with Crippen molar-refractivity contribution in [1.82, 2.24) is 0 Å². The summed E-state index contributed by atoms with van der Waals surface area (Å²) in [5, 5.41) is 0.